The number of likely N-dealkylation sites (N-methyl/N-ethyl adjacent to an activating group) is 1. The van der Waals surface area contributed by atoms with Crippen LogP contribution < -0.4 is 21.8 Å². The first-order valence-electron chi connectivity index (χ1n) is 10.9. The first-order chi connectivity index (χ1) is 16.7. The van der Waals surface area contributed by atoms with E-state index < -0.39 is 35.1 Å². The molecule has 3 amide bonds. The van der Waals surface area contributed by atoms with Gasteiger partial charge in [-0.2, -0.15) is 0 Å². The van der Waals surface area contributed by atoms with Crippen molar-refractivity contribution >= 4 is 41.3 Å². The highest BCUT2D eigenvalue weighted by Gasteiger charge is 2.52. The van der Waals surface area contributed by atoms with E-state index in [9.17, 15) is 18.8 Å². The number of aliphatic imine (C=N–C) groups is 1. The molecule has 12 heteroatoms. The molecule has 1 fully saturated rings. The topological polar surface area (TPSA) is 132 Å². The largest absolute Gasteiger partial charge is 0.367 e. The summed E-state index contributed by atoms with van der Waals surface area (Å²) in [4.78, 5) is 44.6. The van der Waals surface area contributed by atoms with Crippen LogP contribution in [0.2, 0.25) is 5.02 Å². The number of primary amides is 1. The van der Waals surface area contributed by atoms with Gasteiger partial charge < -0.3 is 21.3 Å². The second-order valence-corrected chi connectivity index (χ2v) is 8.83. The number of rotatable bonds is 6. The van der Waals surface area contributed by atoms with E-state index in [2.05, 4.69) is 26.0 Å². The van der Waals surface area contributed by atoms with Crippen LogP contribution >= 0.6 is 11.6 Å². The van der Waals surface area contributed by atoms with E-state index in [4.69, 9.17) is 17.3 Å². The Morgan fingerprint density at radius 1 is 1.14 bits per heavy atom. The minimum Gasteiger partial charge on any atom is -0.367 e. The zero-order valence-corrected chi connectivity index (χ0v) is 19.7. The SMILES string of the molecule is CN1CCN(NC(=O)C2N=CNC2(C(N)=O)c2ccc(NC(=O)c3ccc(F)cc3Cl)cc2)CC1. The highest BCUT2D eigenvalue weighted by atomic mass is 35.5. The summed E-state index contributed by atoms with van der Waals surface area (Å²) in [6.45, 7) is 2.87. The molecule has 2 aliphatic rings. The molecule has 10 nitrogen and oxygen atoms in total. The third-order valence-corrected chi connectivity index (χ3v) is 6.42. The van der Waals surface area contributed by atoms with Gasteiger partial charge in [-0.15, -0.1) is 0 Å². The number of nitrogens with two attached hydrogens (primary N) is 1. The number of amides is 3. The van der Waals surface area contributed by atoms with E-state index in [1.807, 2.05) is 7.05 Å². The predicted octanol–water partition coefficient (Wildman–Crippen LogP) is 0.691. The minimum absolute atomic E-state index is 0.0201. The highest BCUT2D eigenvalue weighted by Crippen LogP contribution is 2.31. The summed E-state index contributed by atoms with van der Waals surface area (Å²) >= 11 is 5.96. The van der Waals surface area contributed by atoms with Gasteiger partial charge in [0.25, 0.3) is 17.7 Å². The molecule has 0 aliphatic carbocycles. The zero-order valence-electron chi connectivity index (χ0n) is 18.9. The average molecular weight is 502 g/mol. The second kappa shape index (κ2) is 9.98. The molecule has 0 spiro atoms. The molecule has 2 aromatic rings. The van der Waals surface area contributed by atoms with E-state index in [-0.39, 0.29) is 10.6 Å². The van der Waals surface area contributed by atoms with Gasteiger partial charge in [-0.05, 0) is 42.9 Å². The van der Waals surface area contributed by atoms with Crippen molar-refractivity contribution in [2.45, 2.75) is 11.6 Å². The monoisotopic (exact) mass is 501 g/mol. The molecule has 184 valence electrons. The van der Waals surface area contributed by atoms with Crippen LogP contribution in [0.3, 0.4) is 0 Å². The number of carbonyl (C=O) groups is 3. The van der Waals surface area contributed by atoms with Crippen molar-refractivity contribution in [2.75, 3.05) is 38.5 Å². The molecule has 1 saturated heterocycles. The van der Waals surface area contributed by atoms with Crippen LogP contribution in [0.5, 0.6) is 0 Å². The summed E-state index contributed by atoms with van der Waals surface area (Å²) in [5, 5.41) is 7.30. The Labute approximate surface area is 206 Å². The van der Waals surface area contributed by atoms with Gasteiger partial charge in [0.1, 0.15) is 5.82 Å². The Hall–Kier alpha value is -3.54. The lowest BCUT2D eigenvalue weighted by atomic mass is 9.82. The fourth-order valence-electron chi connectivity index (χ4n) is 4.08. The van der Waals surface area contributed by atoms with Gasteiger partial charge in [0.2, 0.25) is 0 Å². The first kappa shape index (κ1) is 24.6. The van der Waals surface area contributed by atoms with E-state index >= 15 is 0 Å². The van der Waals surface area contributed by atoms with Crippen LogP contribution in [-0.2, 0) is 15.1 Å². The van der Waals surface area contributed by atoms with Gasteiger partial charge in [0, 0.05) is 31.9 Å². The molecular weight excluding hydrogens is 477 g/mol. The van der Waals surface area contributed by atoms with Crippen LogP contribution in [0.1, 0.15) is 15.9 Å². The molecule has 4 rings (SSSR count). The van der Waals surface area contributed by atoms with Gasteiger partial charge in [-0.1, -0.05) is 23.7 Å². The molecule has 0 aromatic heterocycles. The average Bonchev–Trinajstić information content (AvgIpc) is 3.27. The van der Waals surface area contributed by atoms with Crippen molar-refractivity contribution < 1.29 is 18.8 Å². The molecule has 0 saturated carbocycles. The lowest BCUT2D eigenvalue weighted by Crippen LogP contribution is -2.62. The Bertz CT molecular complexity index is 1170. The van der Waals surface area contributed by atoms with Crippen LogP contribution in [0.15, 0.2) is 47.5 Å². The van der Waals surface area contributed by atoms with Crippen molar-refractivity contribution in [2.24, 2.45) is 10.7 Å². The van der Waals surface area contributed by atoms with Crippen molar-refractivity contribution in [1.29, 1.82) is 0 Å². The van der Waals surface area contributed by atoms with Crippen molar-refractivity contribution in [1.82, 2.24) is 20.7 Å². The molecule has 2 atom stereocenters. The fourth-order valence-corrected chi connectivity index (χ4v) is 4.33. The number of hydrogen-bond acceptors (Lipinski definition) is 7. The van der Waals surface area contributed by atoms with Crippen molar-refractivity contribution in [3.05, 3.63) is 64.4 Å². The number of benzene rings is 2. The third-order valence-electron chi connectivity index (χ3n) is 6.11. The zero-order chi connectivity index (χ0) is 25.2. The lowest BCUT2D eigenvalue weighted by Gasteiger charge is -2.35. The number of hydrogen-bond donors (Lipinski definition) is 4. The highest BCUT2D eigenvalue weighted by molar-refractivity contribution is 6.34. The molecule has 0 bridgehead atoms. The summed E-state index contributed by atoms with van der Waals surface area (Å²) in [5.41, 5.74) is 7.92. The normalized spacial score (nSPS) is 22.4. The van der Waals surface area contributed by atoms with E-state index in [0.29, 0.717) is 24.3 Å². The van der Waals surface area contributed by atoms with Crippen molar-refractivity contribution in [3.8, 4) is 0 Å². The maximum absolute atomic E-state index is 13.3. The fraction of sp³-hybridized carbons (Fsp3) is 0.304. The summed E-state index contributed by atoms with van der Waals surface area (Å²) in [5.74, 6) is -2.31. The number of nitrogens with one attached hydrogen (secondary N) is 3. The van der Waals surface area contributed by atoms with Crippen molar-refractivity contribution in [3.63, 3.8) is 0 Å². The molecule has 0 radical (unpaired) electrons. The molecule has 2 aliphatic heterocycles. The molecule has 2 aromatic carbocycles. The number of hydrazine groups is 1. The molecular formula is C23H25ClFN7O3. The Morgan fingerprint density at radius 3 is 2.46 bits per heavy atom. The number of halogens is 2. The van der Waals surface area contributed by atoms with E-state index in [1.54, 1.807) is 29.3 Å². The van der Waals surface area contributed by atoms with Gasteiger partial charge in [0.15, 0.2) is 11.6 Å². The third kappa shape index (κ3) is 4.97. The first-order valence-corrected chi connectivity index (χ1v) is 11.3. The predicted molar refractivity (Wildman–Crippen MR) is 129 cm³/mol. The van der Waals surface area contributed by atoms with Gasteiger partial charge in [0.05, 0.1) is 16.9 Å². The lowest BCUT2D eigenvalue weighted by molar-refractivity contribution is -0.135. The van der Waals surface area contributed by atoms with Crippen LogP contribution in [-0.4, -0.2) is 73.2 Å². The van der Waals surface area contributed by atoms with Crippen LogP contribution in [0, 0.1) is 5.82 Å². The number of piperazine rings is 1. The Kier molecular flexibility index (Phi) is 7.01. The van der Waals surface area contributed by atoms with E-state index in [1.165, 1.54) is 12.4 Å². The number of anilines is 1. The molecule has 35 heavy (non-hydrogen) atoms. The summed E-state index contributed by atoms with van der Waals surface area (Å²) in [6, 6.07) is 8.62. The van der Waals surface area contributed by atoms with Crippen LogP contribution in [0.25, 0.3) is 0 Å². The summed E-state index contributed by atoms with van der Waals surface area (Å²) in [6.07, 6.45) is 1.30. The van der Waals surface area contributed by atoms with E-state index in [0.717, 1.165) is 25.2 Å². The maximum atomic E-state index is 13.3. The minimum atomic E-state index is -1.60. The number of carbonyl (C=O) groups excluding carboxylic acids is 3. The molecule has 2 heterocycles. The summed E-state index contributed by atoms with van der Waals surface area (Å²) in [7, 11) is 2.00. The quantitative estimate of drug-likeness (QED) is 0.460. The standard InChI is InChI=1S/C23H25ClFN7O3/c1-31-8-10-32(11-9-31)30-21(34)19-23(22(26)35,28-13-27-19)14-2-5-16(6-3-14)29-20(33)17-7-4-15(25)12-18(17)24/h2-7,12-13,19H,8-11H2,1H3,(H2,26,35)(H,27,28)(H,29,33)(H,30,34). The van der Waals surface area contributed by atoms with Gasteiger partial charge in [-0.25, -0.2) is 9.40 Å². The van der Waals surface area contributed by atoms with Crippen LogP contribution in [0.4, 0.5) is 10.1 Å². The van der Waals surface area contributed by atoms with Gasteiger partial charge in [-0.3, -0.25) is 24.8 Å². The van der Waals surface area contributed by atoms with Gasteiger partial charge >= 0.3 is 0 Å². The molecule has 5 N–H and O–H groups in total. The molecule has 2 unspecified atom stereocenters. The Balaban J connectivity index is 1.51. The second-order valence-electron chi connectivity index (χ2n) is 8.42. The Morgan fingerprint density at radius 2 is 1.83 bits per heavy atom. The maximum Gasteiger partial charge on any atom is 0.262 e. The number of nitrogens with zero attached hydrogens (tertiary/aromatic N) is 3. The smallest absolute Gasteiger partial charge is 0.262 e. The summed E-state index contributed by atoms with van der Waals surface area (Å²) < 4.78 is 13.3.